The maximum Gasteiger partial charge on any atom is 0.299 e. The molecule has 0 unspecified atom stereocenters. The molecular formula is C16H15F4NO3. The molecule has 130 valence electrons. The number of carbonyl (C=O) groups is 2. The van der Waals surface area contributed by atoms with Crippen LogP contribution in [0.2, 0.25) is 0 Å². The molecule has 0 saturated carbocycles. The number of nitrogens with one attached hydrogen (secondary N) is 1. The third-order valence-corrected chi connectivity index (χ3v) is 3.18. The number of carbonyl (C=O) groups excluding carboxylic acids is 2. The first-order valence-electron chi connectivity index (χ1n) is 6.77. The standard InChI is InChI=1S/C16H15F4NO3/c1-9(22)13(16(2,24)15(19)20)21-14(23)11-6-3-10(4-7-11)5-8-12(17)18/h3-4,6-7,12-13,15,24H,1-2H3,(H,21,23)/t13-,16+/m1/s1. The molecule has 0 heterocycles. The van der Waals surface area contributed by atoms with Crippen molar-refractivity contribution in [1.82, 2.24) is 5.32 Å². The smallest absolute Gasteiger partial charge is 0.299 e. The molecule has 1 rings (SSSR count). The van der Waals surface area contributed by atoms with E-state index in [0.717, 1.165) is 13.8 Å². The Hall–Kier alpha value is -2.40. The van der Waals surface area contributed by atoms with E-state index in [2.05, 4.69) is 5.92 Å². The lowest BCUT2D eigenvalue weighted by molar-refractivity contribution is -0.138. The van der Waals surface area contributed by atoms with E-state index in [0.29, 0.717) is 0 Å². The van der Waals surface area contributed by atoms with Gasteiger partial charge in [-0.05, 0) is 44.0 Å². The van der Waals surface area contributed by atoms with Crippen LogP contribution in [0.1, 0.15) is 29.8 Å². The number of aliphatic hydroxyl groups is 1. The van der Waals surface area contributed by atoms with Crippen LogP contribution in [0.4, 0.5) is 17.6 Å². The summed E-state index contributed by atoms with van der Waals surface area (Å²) in [6, 6.07) is 3.25. The van der Waals surface area contributed by atoms with Crippen LogP contribution in [0.15, 0.2) is 24.3 Å². The highest BCUT2D eigenvalue weighted by Crippen LogP contribution is 2.21. The summed E-state index contributed by atoms with van der Waals surface area (Å²) in [5.41, 5.74) is -2.51. The predicted octanol–water partition coefficient (Wildman–Crippen LogP) is 2.01. The van der Waals surface area contributed by atoms with E-state index in [-0.39, 0.29) is 11.1 Å². The fraction of sp³-hybridized carbons (Fsp3) is 0.375. The first-order valence-corrected chi connectivity index (χ1v) is 6.77. The second-order valence-electron chi connectivity index (χ2n) is 5.19. The number of halogens is 4. The summed E-state index contributed by atoms with van der Waals surface area (Å²) in [5, 5.41) is 11.8. The Morgan fingerprint density at radius 3 is 2.12 bits per heavy atom. The van der Waals surface area contributed by atoms with Gasteiger partial charge in [0.2, 0.25) is 0 Å². The zero-order chi connectivity index (χ0) is 18.5. The van der Waals surface area contributed by atoms with Gasteiger partial charge in [-0.25, -0.2) is 8.78 Å². The minimum absolute atomic E-state index is 0.00564. The fourth-order valence-corrected chi connectivity index (χ4v) is 1.84. The molecule has 0 aliphatic rings. The first kappa shape index (κ1) is 19.6. The highest BCUT2D eigenvalue weighted by molar-refractivity contribution is 5.98. The third-order valence-electron chi connectivity index (χ3n) is 3.18. The van der Waals surface area contributed by atoms with Crippen molar-refractivity contribution < 1.29 is 32.3 Å². The maximum atomic E-state index is 12.8. The van der Waals surface area contributed by atoms with E-state index in [4.69, 9.17) is 0 Å². The SMILES string of the molecule is CC(=O)[C@@H](NC(=O)c1ccc(C#CC(F)F)cc1)[C@](C)(O)C(F)F. The summed E-state index contributed by atoms with van der Waals surface area (Å²) in [7, 11) is 0. The number of amides is 1. The molecule has 1 aromatic carbocycles. The summed E-state index contributed by atoms with van der Waals surface area (Å²) in [6.07, 6.45) is -6.04. The Balaban J connectivity index is 2.94. The minimum atomic E-state index is -3.25. The Bertz CT molecular complexity index is 660. The summed E-state index contributed by atoms with van der Waals surface area (Å²) in [6.45, 7) is 1.71. The Kier molecular flexibility index (Phi) is 6.49. The van der Waals surface area contributed by atoms with Crippen LogP contribution in [0.25, 0.3) is 0 Å². The number of hydrogen-bond acceptors (Lipinski definition) is 3. The molecule has 0 aliphatic heterocycles. The molecule has 2 atom stereocenters. The quantitative estimate of drug-likeness (QED) is 0.634. The topological polar surface area (TPSA) is 66.4 Å². The lowest BCUT2D eigenvalue weighted by atomic mass is 9.93. The van der Waals surface area contributed by atoms with E-state index in [9.17, 15) is 32.3 Å². The van der Waals surface area contributed by atoms with E-state index >= 15 is 0 Å². The fourth-order valence-electron chi connectivity index (χ4n) is 1.84. The second kappa shape index (κ2) is 7.93. The molecule has 0 saturated heterocycles. The molecular weight excluding hydrogens is 330 g/mol. The van der Waals surface area contributed by atoms with Crippen molar-refractivity contribution in [2.24, 2.45) is 0 Å². The number of alkyl halides is 4. The first-order chi connectivity index (χ1) is 11.1. The van der Waals surface area contributed by atoms with Gasteiger partial charge in [0.05, 0.1) is 0 Å². The van der Waals surface area contributed by atoms with Crippen molar-refractivity contribution in [2.45, 2.75) is 38.3 Å². The second-order valence-corrected chi connectivity index (χ2v) is 5.19. The van der Waals surface area contributed by atoms with Gasteiger partial charge in [0.25, 0.3) is 18.8 Å². The van der Waals surface area contributed by atoms with Crippen molar-refractivity contribution in [3.8, 4) is 11.8 Å². The zero-order valence-corrected chi connectivity index (χ0v) is 12.8. The highest BCUT2D eigenvalue weighted by Gasteiger charge is 2.44. The molecule has 0 spiro atoms. The normalized spacial score (nSPS) is 14.5. The molecule has 4 nitrogen and oxygen atoms in total. The van der Waals surface area contributed by atoms with Gasteiger partial charge in [0.1, 0.15) is 11.6 Å². The Morgan fingerprint density at radius 1 is 1.17 bits per heavy atom. The summed E-state index contributed by atoms with van der Waals surface area (Å²) >= 11 is 0. The van der Waals surface area contributed by atoms with Crippen LogP contribution in [0.5, 0.6) is 0 Å². The van der Waals surface area contributed by atoms with Gasteiger partial charge in [-0.15, -0.1) is 0 Å². The molecule has 1 aromatic rings. The van der Waals surface area contributed by atoms with Crippen LogP contribution in [-0.4, -0.2) is 41.3 Å². The van der Waals surface area contributed by atoms with Gasteiger partial charge in [-0.3, -0.25) is 9.59 Å². The van der Waals surface area contributed by atoms with Crippen LogP contribution in [0.3, 0.4) is 0 Å². The lowest BCUT2D eigenvalue weighted by Gasteiger charge is -2.30. The molecule has 1 amide bonds. The Labute approximate surface area is 135 Å². The molecule has 0 aliphatic carbocycles. The zero-order valence-electron chi connectivity index (χ0n) is 12.8. The summed E-state index contributed by atoms with van der Waals surface area (Å²) in [5.74, 6) is 2.12. The molecule has 2 N–H and O–H groups in total. The molecule has 0 bridgehead atoms. The van der Waals surface area contributed by atoms with Crippen molar-refractivity contribution in [3.05, 3.63) is 35.4 Å². The van der Waals surface area contributed by atoms with Gasteiger partial charge < -0.3 is 10.4 Å². The van der Waals surface area contributed by atoms with E-state index < -0.39 is 36.2 Å². The number of rotatable bonds is 5. The van der Waals surface area contributed by atoms with Crippen LogP contribution in [-0.2, 0) is 4.79 Å². The monoisotopic (exact) mass is 345 g/mol. The summed E-state index contributed by atoms with van der Waals surface area (Å²) < 4.78 is 49.6. The van der Waals surface area contributed by atoms with E-state index in [1.54, 1.807) is 5.92 Å². The van der Waals surface area contributed by atoms with Gasteiger partial charge in [-0.2, -0.15) is 8.78 Å². The molecule has 8 heteroatoms. The van der Waals surface area contributed by atoms with E-state index in [1.807, 2.05) is 5.32 Å². The largest absolute Gasteiger partial charge is 0.382 e. The lowest BCUT2D eigenvalue weighted by Crippen LogP contribution is -2.58. The van der Waals surface area contributed by atoms with Crippen molar-refractivity contribution in [3.63, 3.8) is 0 Å². The number of hydrogen-bond donors (Lipinski definition) is 2. The molecule has 0 aromatic heterocycles. The van der Waals surface area contributed by atoms with Crippen molar-refractivity contribution in [2.75, 3.05) is 0 Å². The average molecular weight is 345 g/mol. The number of benzene rings is 1. The van der Waals surface area contributed by atoms with Crippen molar-refractivity contribution >= 4 is 11.7 Å². The highest BCUT2D eigenvalue weighted by atomic mass is 19.3. The predicted molar refractivity (Wildman–Crippen MR) is 77.9 cm³/mol. The van der Waals surface area contributed by atoms with Gasteiger partial charge in [0.15, 0.2) is 5.78 Å². The van der Waals surface area contributed by atoms with Crippen molar-refractivity contribution in [1.29, 1.82) is 0 Å². The minimum Gasteiger partial charge on any atom is -0.382 e. The summed E-state index contributed by atoms with van der Waals surface area (Å²) in [4.78, 5) is 23.5. The van der Waals surface area contributed by atoms with Crippen LogP contribution >= 0.6 is 0 Å². The van der Waals surface area contributed by atoms with Crippen LogP contribution in [0, 0.1) is 11.8 Å². The van der Waals surface area contributed by atoms with Gasteiger partial charge in [0, 0.05) is 11.1 Å². The molecule has 0 fully saturated rings. The average Bonchev–Trinajstić information content (AvgIpc) is 2.50. The number of ketones is 1. The van der Waals surface area contributed by atoms with Gasteiger partial charge in [-0.1, -0.05) is 5.92 Å². The van der Waals surface area contributed by atoms with Gasteiger partial charge >= 0.3 is 0 Å². The van der Waals surface area contributed by atoms with Crippen LogP contribution < -0.4 is 5.32 Å². The number of Topliss-reactive ketones (excluding diaryl/α,β-unsaturated/α-hetero) is 1. The molecule has 24 heavy (non-hydrogen) atoms. The third kappa shape index (κ3) is 5.06. The van der Waals surface area contributed by atoms with E-state index in [1.165, 1.54) is 24.3 Å². The Morgan fingerprint density at radius 2 is 1.71 bits per heavy atom. The molecule has 0 radical (unpaired) electrons. The maximum absolute atomic E-state index is 12.8.